The number of nitrogens with zero attached hydrogens (tertiary/aromatic N) is 3. The third-order valence-electron chi connectivity index (χ3n) is 5.70. The van der Waals surface area contributed by atoms with Gasteiger partial charge in [-0.1, -0.05) is 42.5 Å². The molecule has 0 unspecified atom stereocenters. The van der Waals surface area contributed by atoms with Crippen molar-refractivity contribution in [2.45, 2.75) is 17.3 Å². The number of hydrogen-bond acceptors (Lipinski definition) is 8. The highest BCUT2D eigenvalue weighted by molar-refractivity contribution is 7.91. The van der Waals surface area contributed by atoms with Crippen LogP contribution >= 0.6 is 35.1 Å². The van der Waals surface area contributed by atoms with Gasteiger partial charge in [0.2, 0.25) is 0 Å². The first-order valence-corrected chi connectivity index (χ1v) is 15.0. The van der Waals surface area contributed by atoms with Crippen LogP contribution < -0.4 is 4.74 Å². The number of ether oxygens (including phenoxy) is 1. The molecule has 0 amide bonds. The Bertz CT molecular complexity index is 1660. The minimum absolute atomic E-state index is 0. The van der Waals surface area contributed by atoms with Crippen LogP contribution in [0.1, 0.15) is 11.1 Å². The molecule has 5 rings (SSSR count). The van der Waals surface area contributed by atoms with Crippen LogP contribution in [0.4, 0.5) is 0 Å². The third-order valence-corrected chi connectivity index (χ3v) is 9.89. The second kappa shape index (κ2) is 13.2. The first-order valence-electron chi connectivity index (χ1n) is 11.8. The molecule has 0 fully saturated rings. The molecule has 206 valence electrons. The molecule has 0 saturated heterocycles. The Morgan fingerprint density at radius 1 is 0.900 bits per heavy atom. The van der Waals surface area contributed by atoms with E-state index < -0.39 is 22.6 Å². The Morgan fingerprint density at radius 2 is 1.70 bits per heavy atom. The molecule has 2 aromatic carbocycles. The van der Waals surface area contributed by atoms with E-state index in [4.69, 9.17) is 9.84 Å². The Balaban J connectivity index is 0.00000370. The van der Waals surface area contributed by atoms with Crippen molar-refractivity contribution in [3.8, 4) is 26.9 Å². The van der Waals surface area contributed by atoms with Gasteiger partial charge < -0.3 is 9.84 Å². The number of pyridine rings is 1. The van der Waals surface area contributed by atoms with Crippen molar-refractivity contribution in [2.24, 2.45) is 0 Å². The molecule has 8 nitrogen and oxygen atoms in total. The predicted molar refractivity (Wildman–Crippen MR) is 158 cm³/mol. The molecule has 12 heteroatoms. The van der Waals surface area contributed by atoms with Gasteiger partial charge in [0, 0.05) is 36.4 Å². The highest BCUT2D eigenvalue weighted by Gasteiger charge is 2.27. The molecule has 0 spiro atoms. The average molecular weight is 614 g/mol. The van der Waals surface area contributed by atoms with Crippen molar-refractivity contribution in [2.75, 3.05) is 6.61 Å². The summed E-state index contributed by atoms with van der Waals surface area (Å²) < 4.78 is 34.8. The number of rotatable bonds is 11. The van der Waals surface area contributed by atoms with E-state index in [0.29, 0.717) is 17.0 Å². The van der Waals surface area contributed by atoms with Crippen LogP contribution in [-0.2, 0) is 27.9 Å². The molecule has 1 N–H and O–H groups in total. The van der Waals surface area contributed by atoms with Crippen molar-refractivity contribution in [3.05, 3.63) is 108 Å². The van der Waals surface area contributed by atoms with Gasteiger partial charge in [-0.3, -0.25) is 4.98 Å². The van der Waals surface area contributed by atoms with E-state index in [1.165, 1.54) is 27.0 Å². The zero-order chi connectivity index (χ0) is 27.2. The lowest BCUT2D eigenvalue weighted by molar-refractivity contribution is -0.139. The van der Waals surface area contributed by atoms with Crippen LogP contribution in [0.25, 0.3) is 21.1 Å². The summed E-state index contributed by atoms with van der Waals surface area (Å²) in [5, 5.41) is 11.7. The van der Waals surface area contributed by atoms with E-state index in [1.807, 2.05) is 47.8 Å². The minimum atomic E-state index is -3.90. The number of hydrogen-bond donors (Lipinski definition) is 1. The number of thiazole rings is 1. The summed E-state index contributed by atoms with van der Waals surface area (Å²) >= 11 is 2.71. The van der Waals surface area contributed by atoms with Crippen LogP contribution in [0.3, 0.4) is 0 Å². The number of aromatic nitrogens is 2. The van der Waals surface area contributed by atoms with Crippen molar-refractivity contribution >= 4 is 51.1 Å². The number of thiophene rings is 1. The van der Waals surface area contributed by atoms with Crippen LogP contribution in [0, 0.1) is 0 Å². The number of carboxylic acids is 1. The molecule has 3 heterocycles. The molecule has 0 radical (unpaired) electrons. The lowest BCUT2D eigenvalue weighted by Gasteiger charge is -2.22. The van der Waals surface area contributed by atoms with Crippen molar-refractivity contribution in [3.63, 3.8) is 0 Å². The van der Waals surface area contributed by atoms with E-state index >= 15 is 0 Å². The van der Waals surface area contributed by atoms with Gasteiger partial charge in [0.25, 0.3) is 10.0 Å². The van der Waals surface area contributed by atoms with Crippen LogP contribution in [0.2, 0.25) is 0 Å². The lowest BCUT2D eigenvalue weighted by Crippen LogP contribution is -2.29. The summed E-state index contributed by atoms with van der Waals surface area (Å²) in [5.41, 5.74) is 3.15. The molecule has 3 aromatic heterocycles. The van der Waals surface area contributed by atoms with E-state index in [1.54, 1.807) is 48.8 Å². The Hall–Kier alpha value is -3.61. The monoisotopic (exact) mass is 613 g/mol. The molecule has 5 aromatic rings. The number of aliphatic carboxylic acids is 1. The van der Waals surface area contributed by atoms with Crippen LogP contribution in [0.5, 0.6) is 5.75 Å². The molecule has 0 saturated carbocycles. The van der Waals surface area contributed by atoms with E-state index in [2.05, 4.69) is 9.97 Å². The standard InChI is InChI=1S/C28H23N3O5S3.ClH/c32-26(33)19-36-23-5-3-4-21(16-23)18-31(17-20-7-9-22(10-8-20)28-30-14-15-37-28)39(34,35)27-12-11-25(38-27)24-6-1-2-13-29-24;/h1-16H,17-19H2,(H,32,33);1H. The molecule has 0 aliphatic rings. The first-order chi connectivity index (χ1) is 18.9. The zero-order valence-electron chi connectivity index (χ0n) is 20.9. The van der Waals surface area contributed by atoms with Crippen molar-refractivity contribution in [1.82, 2.24) is 14.3 Å². The number of sulfonamides is 1. The second-order valence-electron chi connectivity index (χ2n) is 8.47. The Labute approximate surface area is 246 Å². The lowest BCUT2D eigenvalue weighted by atomic mass is 10.1. The minimum Gasteiger partial charge on any atom is -0.482 e. The average Bonchev–Trinajstić information content (AvgIpc) is 3.66. The zero-order valence-corrected chi connectivity index (χ0v) is 24.2. The van der Waals surface area contributed by atoms with Crippen LogP contribution in [-0.4, -0.2) is 40.4 Å². The summed E-state index contributed by atoms with van der Waals surface area (Å²) in [6.07, 6.45) is 3.42. The van der Waals surface area contributed by atoms with Gasteiger partial charge in [0.05, 0.1) is 10.6 Å². The maximum atomic E-state index is 13.9. The van der Waals surface area contributed by atoms with Crippen LogP contribution in [0.15, 0.2) is 101 Å². The topological polar surface area (TPSA) is 110 Å². The summed E-state index contributed by atoms with van der Waals surface area (Å²) in [7, 11) is -3.90. The van der Waals surface area contributed by atoms with Gasteiger partial charge in [0.15, 0.2) is 6.61 Å². The number of halogens is 1. The summed E-state index contributed by atoms with van der Waals surface area (Å²) in [4.78, 5) is 20.3. The number of carboxylic acid groups (broad SMARTS) is 1. The van der Waals surface area contributed by atoms with E-state index in [-0.39, 0.29) is 29.7 Å². The molecule has 0 bridgehead atoms. The Kier molecular flexibility index (Phi) is 9.67. The molecular weight excluding hydrogens is 590 g/mol. The van der Waals surface area contributed by atoms with Crippen molar-refractivity contribution < 1.29 is 23.1 Å². The number of carbonyl (C=O) groups is 1. The van der Waals surface area contributed by atoms with Crippen molar-refractivity contribution in [1.29, 1.82) is 0 Å². The SMILES string of the molecule is Cl.O=C(O)COc1cccc(CN(Cc2ccc(-c3nccs3)cc2)S(=O)(=O)c2ccc(-c3ccccn3)s2)c1. The molecule has 0 aliphatic heterocycles. The summed E-state index contributed by atoms with van der Waals surface area (Å²) in [6, 6.07) is 23.3. The van der Waals surface area contributed by atoms with E-state index in [0.717, 1.165) is 21.0 Å². The van der Waals surface area contributed by atoms with Gasteiger partial charge in [-0.15, -0.1) is 35.1 Å². The molecular formula is C28H24ClN3O5S3. The van der Waals surface area contributed by atoms with Gasteiger partial charge in [-0.05, 0) is 47.5 Å². The molecule has 0 atom stereocenters. The largest absolute Gasteiger partial charge is 0.482 e. The normalized spacial score (nSPS) is 11.2. The fourth-order valence-electron chi connectivity index (χ4n) is 3.86. The molecule has 40 heavy (non-hydrogen) atoms. The molecule has 0 aliphatic carbocycles. The maximum absolute atomic E-state index is 13.9. The smallest absolute Gasteiger partial charge is 0.341 e. The second-order valence-corrected chi connectivity index (χ2v) is 12.6. The third kappa shape index (κ3) is 7.12. The Morgan fingerprint density at radius 3 is 2.40 bits per heavy atom. The maximum Gasteiger partial charge on any atom is 0.341 e. The summed E-state index contributed by atoms with van der Waals surface area (Å²) in [6.45, 7) is -0.280. The first kappa shape index (κ1) is 29.4. The highest BCUT2D eigenvalue weighted by atomic mass is 35.5. The quantitative estimate of drug-likeness (QED) is 0.189. The van der Waals surface area contributed by atoms with Gasteiger partial charge in [-0.2, -0.15) is 4.31 Å². The number of benzene rings is 2. The fourth-order valence-corrected chi connectivity index (χ4v) is 7.36. The van der Waals surface area contributed by atoms with Gasteiger partial charge >= 0.3 is 5.97 Å². The van der Waals surface area contributed by atoms with E-state index in [9.17, 15) is 13.2 Å². The highest BCUT2D eigenvalue weighted by Crippen LogP contribution is 2.33. The van der Waals surface area contributed by atoms with Gasteiger partial charge in [0.1, 0.15) is 15.0 Å². The fraction of sp³-hybridized carbons (Fsp3) is 0.107. The van der Waals surface area contributed by atoms with Gasteiger partial charge in [-0.25, -0.2) is 18.2 Å². The summed E-state index contributed by atoms with van der Waals surface area (Å²) in [5.74, 6) is -0.735. The predicted octanol–water partition coefficient (Wildman–Crippen LogP) is 6.21.